The molecule has 0 aromatic heterocycles. The van der Waals surface area contributed by atoms with E-state index in [9.17, 15) is 0 Å². The number of hydrogen-bond acceptors (Lipinski definition) is 3. The van der Waals surface area contributed by atoms with Crippen LogP contribution in [0.3, 0.4) is 0 Å². The maximum absolute atomic E-state index is 3.55. The smallest absolute Gasteiger partial charge is 0.0421 e. The van der Waals surface area contributed by atoms with Crippen LogP contribution < -0.4 is 5.32 Å². The highest BCUT2D eigenvalue weighted by Crippen LogP contribution is 2.14. The van der Waals surface area contributed by atoms with Gasteiger partial charge in [-0.2, -0.15) is 0 Å². The predicted molar refractivity (Wildman–Crippen MR) is 59.2 cm³/mol. The van der Waals surface area contributed by atoms with E-state index in [1.54, 1.807) is 0 Å². The monoisotopic (exact) mass is 200 g/mol. The van der Waals surface area contributed by atoms with Crippen LogP contribution in [-0.2, 0) is 0 Å². The third-order valence-electron chi connectivity index (χ3n) is 2.97. The van der Waals surface area contributed by atoms with Gasteiger partial charge in [-0.3, -0.25) is 0 Å². The lowest BCUT2D eigenvalue weighted by Gasteiger charge is -2.23. The Labute approximate surface area is 85.4 Å². The summed E-state index contributed by atoms with van der Waals surface area (Å²) in [5.74, 6) is 2.48. The number of nitrogens with one attached hydrogen (secondary N) is 1. The summed E-state index contributed by atoms with van der Waals surface area (Å²) >= 11 is 2.04. The van der Waals surface area contributed by atoms with Gasteiger partial charge in [0.05, 0.1) is 0 Å². The second-order valence-corrected chi connectivity index (χ2v) is 5.16. The average molecular weight is 200 g/mol. The van der Waals surface area contributed by atoms with Crippen molar-refractivity contribution in [3.05, 3.63) is 0 Å². The fourth-order valence-corrected chi connectivity index (χ4v) is 3.16. The molecule has 0 aliphatic carbocycles. The zero-order valence-electron chi connectivity index (χ0n) is 8.30. The van der Waals surface area contributed by atoms with Gasteiger partial charge in [0.25, 0.3) is 0 Å². The molecule has 1 atom stereocenters. The van der Waals surface area contributed by atoms with Gasteiger partial charge in [-0.25, -0.2) is 0 Å². The van der Waals surface area contributed by atoms with E-state index in [-0.39, 0.29) is 0 Å². The predicted octanol–water partition coefficient (Wildman–Crippen LogP) is 1.52. The number of nitrogens with zero attached hydrogens (tertiary/aromatic N) is 1. The molecule has 0 saturated carbocycles. The van der Waals surface area contributed by atoms with Crippen LogP contribution in [0.2, 0.25) is 0 Å². The first-order valence-corrected chi connectivity index (χ1v) is 6.64. The molecule has 0 aromatic carbocycles. The van der Waals surface area contributed by atoms with Gasteiger partial charge in [0.1, 0.15) is 0 Å². The van der Waals surface area contributed by atoms with Crippen LogP contribution in [0.25, 0.3) is 0 Å². The molecular weight excluding hydrogens is 180 g/mol. The quantitative estimate of drug-likeness (QED) is 0.727. The molecular formula is C10H20N2S. The highest BCUT2D eigenvalue weighted by molar-refractivity contribution is 7.99. The molecule has 2 nitrogen and oxygen atoms in total. The third-order valence-corrected chi connectivity index (χ3v) is 3.98. The molecule has 13 heavy (non-hydrogen) atoms. The number of rotatable bonds is 2. The van der Waals surface area contributed by atoms with Gasteiger partial charge in [-0.15, -0.1) is 11.8 Å². The van der Waals surface area contributed by atoms with Crippen LogP contribution in [0.1, 0.15) is 25.7 Å². The van der Waals surface area contributed by atoms with E-state index in [4.69, 9.17) is 0 Å². The van der Waals surface area contributed by atoms with E-state index in [0.29, 0.717) is 0 Å². The molecule has 0 aromatic rings. The van der Waals surface area contributed by atoms with Gasteiger partial charge in [-0.1, -0.05) is 12.8 Å². The van der Waals surface area contributed by atoms with Crippen LogP contribution in [-0.4, -0.2) is 42.2 Å². The fraction of sp³-hybridized carbons (Fsp3) is 1.00. The van der Waals surface area contributed by atoms with E-state index in [0.717, 1.165) is 6.04 Å². The van der Waals surface area contributed by atoms with E-state index in [1.165, 1.54) is 56.9 Å². The molecule has 2 aliphatic rings. The number of likely N-dealkylation sites (tertiary alicyclic amines) is 1. The summed E-state index contributed by atoms with van der Waals surface area (Å²) < 4.78 is 0. The van der Waals surface area contributed by atoms with Crippen LogP contribution in [0.15, 0.2) is 0 Å². The lowest BCUT2D eigenvalue weighted by Crippen LogP contribution is -2.39. The summed E-state index contributed by atoms with van der Waals surface area (Å²) in [6.45, 7) is 3.96. The zero-order chi connectivity index (χ0) is 8.93. The summed E-state index contributed by atoms with van der Waals surface area (Å²) in [5, 5.41) is 3.55. The van der Waals surface area contributed by atoms with Crippen molar-refractivity contribution in [2.75, 3.05) is 31.3 Å². The van der Waals surface area contributed by atoms with E-state index < -0.39 is 0 Å². The van der Waals surface area contributed by atoms with Gasteiger partial charge in [-0.05, 0) is 25.9 Å². The normalized spacial score (nSPS) is 31.8. The van der Waals surface area contributed by atoms with Crippen molar-refractivity contribution < 1.29 is 0 Å². The summed E-state index contributed by atoms with van der Waals surface area (Å²) in [5.41, 5.74) is 0. The Hall–Kier alpha value is 0.270. The van der Waals surface area contributed by atoms with Gasteiger partial charge < -0.3 is 10.2 Å². The van der Waals surface area contributed by atoms with Gasteiger partial charge in [0.15, 0.2) is 0 Å². The molecule has 0 bridgehead atoms. The SMILES string of the molecule is C1CCCN(CC2CSCN2)CC1. The second kappa shape index (κ2) is 5.23. The molecule has 0 amide bonds. The van der Waals surface area contributed by atoms with Crippen molar-refractivity contribution in [3.8, 4) is 0 Å². The van der Waals surface area contributed by atoms with E-state index in [1.807, 2.05) is 11.8 Å². The summed E-state index contributed by atoms with van der Waals surface area (Å²) in [4.78, 5) is 2.65. The Morgan fingerprint density at radius 3 is 2.54 bits per heavy atom. The summed E-state index contributed by atoms with van der Waals surface area (Å²) in [6, 6.07) is 0.767. The fourth-order valence-electron chi connectivity index (χ4n) is 2.18. The van der Waals surface area contributed by atoms with Crippen molar-refractivity contribution in [1.82, 2.24) is 10.2 Å². The van der Waals surface area contributed by atoms with Crippen LogP contribution >= 0.6 is 11.8 Å². The first-order chi connectivity index (χ1) is 6.45. The van der Waals surface area contributed by atoms with Gasteiger partial charge >= 0.3 is 0 Å². The molecule has 2 fully saturated rings. The Morgan fingerprint density at radius 1 is 1.15 bits per heavy atom. The number of hydrogen-bond donors (Lipinski definition) is 1. The van der Waals surface area contributed by atoms with Crippen LogP contribution in [0, 0.1) is 0 Å². The van der Waals surface area contributed by atoms with E-state index in [2.05, 4.69) is 10.2 Å². The zero-order valence-corrected chi connectivity index (χ0v) is 9.11. The Morgan fingerprint density at radius 2 is 1.92 bits per heavy atom. The van der Waals surface area contributed by atoms with Crippen molar-refractivity contribution >= 4 is 11.8 Å². The topological polar surface area (TPSA) is 15.3 Å². The molecule has 1 N–H and O–H groups in total. The summed E-state index contributed by atoms with van der Waals surface area (Å²) in [7, 11) is 0. The Balaban J connectivity index is 1.71. The first-order valence-electron chi connectivity index (χ1n) is 5.48. The Kier molecular flexibility index (Phi) is 3.94. The lowest BCUT2D eigenvalue weighted by atomic mass is 10.2. The maximum atomic E-state index is 3.55. The van der Waals surface area contributed by atoms with Crippen molar-refractivity contribution in [3.63, 3.8) is 0 Å². The van der Waals surface area contributed by atoms with Crippen molar-refractivity contribution in [2.45, 2.75) is 31.7 Å². The summed E-state index contributed by atoms with van der Waals surface area (Å²) in [6.07, 6.45) is 5.73. The van der Waals surface area contributed by atoms with Crippen LogP contribution in [0.4, 0.5) is 0 Å². The molecule has 2 rings (SSSR count). The van der Waals surface area contributed by atoms with Crippen molar-refractivity contribution in [1.29, 1.82) is 0 Å². The molecule has 1 unspecified atom stereocenters. The Bertz CT molecular complexity index is 138. The average Bonchev–Trinajstić information content (AvgIpc) is 2.49. The standard InChI is InChI=1S/C10H20N2S/c1-2-4-6-12(5-3-1)7-10-8-13-9-11-10/h10-11H,1-9H2. The molecule has 3 heteroatoms. The largest absolute Gasteiger partial charge is 0.303 e. The van der Waals surface area contributed by atoms with Crippen molar-refractivity contribution in [2.24, 2.45) is 0 Å². The van der Waals surface area contributed by atoms with Crippen LogP contribution in [0.5, 0.6) is 0 Å². The minimum Gasteiger partial charge on any atom is -0.303 e. The third kappa shape index (κ3) is 3.15. The molecule has 76 valence electrons. The lowest BCUT2D eigenvalue weighted by molar-refractivity contribution is 0.264. The van der Waals surface area contributed by atoms with E-state index >= 15 is 0 Å². The molecule has 0 radical (unpaired) electrons. The maximum Gasteiger partial charge on any atom is 0.0421 e. The second-order valence-electron chi connectivity index (χ2n) is 4.13. The molecule has 2 aliphatic heterocycles. The minimum atomic E-state index is 0.767. The molecule has 0 spiro atoms. The van der Waals surface area contributed by atoms with Gasteiger partial charge in [0, 0.05) is 24.2 Å². The minimum absolute atomic E-state index is 0.767. The highest BCUT2D eigenvalue weighted by Gasteiger charge is 2.18. The highest BCUT2D eigenvalue weighted by atomic mass is 32.2. The molecule has 2 saturated heterocycles. The number of thioether (sulfide) groups is 1. The van der Waals surface area contributed by atoms with Gasteiger partial charge in [0.2, 0.25) is 0 Å². The first kappa shape index (κ1) is 9.81. The molecule has 2 heterocycles.